The lowest BCUT2D eigenvalue weighted by Crippen LogP contribution is -2.51. The van der Waals surface area contributed by atoms with E-state index in [2.05, 4.69) is 20.8 Å². The van der Waals surface area contributed by atoms with Crippen LogP contribution in [0.4, 0.5) is 0 Å². The van der Waals surface area contributed by atoms with Gasteiger partial charge < -0.3 is 10.6 Å². The van der Waals surface area contributed by atoms with E-state index in [-0.39, 0.29) is 41.7 Å². The standard InChI is InChI=1S/C16H27N5O3S.ClH/c1-11-15(12(2)20-19-11)25(23,24)21-8-4-5-13(10-21)16(22)18-14-6-3-7-17-9-14;/h13-14,17H,3-10H2,1-2H3,(H,18,22)(H,19,20);1H. The van der Waals surface area contributed by atoms with Crippen LogP contribution < -0.4 is 10.6 Å². The van der Waals surface area contributed by atoms with Crippen molar-refractivity contribution in [3.63, 3.8) is 0 Å². The Balaban J connectivity index is 0.00000243. The molecule has 3 N–H and O–H groups in total. The molecule has 0 aromatic carbocycles. The molecule has 3 rings (SSSR count). The predicted octanol–water partition coefficient (Wildman–Crippen LogP) is 0.717. The number of carbonyl (C=O) groups is 1. The van der Waals surface area contributed by atoms with Gasteiger partial charge in [0.15, 0.2) is 0 Å². The molecule has 0 aliphatic carbocycles. The summed E-state index contributed by atoms with van der Waals surface area (Å²) in [6.07, 6.45) is 3.44. The first-order valence-corrected chi connectivity index (χ1v) is 10.4. The molecule has 2 fully saturated rings. The Morgan fingerprint density at radius 1 is 1.27 bits per heavy atom. The van der Waals surface area contributed by atoms with Gasteiger partial charge in [0.25, 0.3) is 0 Å². The molecule has 10 heteroatoms. The number of carbonyl (C=O) groups excluding carboxylic acids is 1. The van der Waals surface area contributed by atoms with Crippen LogP contribution in [0.3, 0.4) is 0 Å². The molecule has 26 heavy (non-hydrogen) atoms. The van der Waals surface area contributed by atoms with Crippen LogP contribution in [-0.4, -0.2) is 61.0 Å². The molecule has 2 aliphatic rings. The highest BCUT2D eigenvalue weighted by Gasteiger charge is 2.36. The van der Waals surface area contributed by atoms with Crippen molar-refractivity contribution in [2.75, 3.05) is 26.2 Å². The lowest BCUT2D eigenvalue weighted by molar-refractivity contribution is -0.126. The fraction of sp³-hybridized carbons (Fsp3) is 0.750. The van der Waals surface area contributed by atoms with Gasteiger partial charge in [-0.2, -0.15) is 9.40 Å². The summed E-state index contributed by atoms with van der Waals surface area (Å²) >= 11 is 0. The number of piperidine rings is 2. The van der Waals surface area contributed by atoms with Gasteiger partial charge in [-0.15, -0.1) is 12.4 Å². The lowest BCUT2D eigenvalue weighted by Gasteiger charge is -2.33. The van der Waals surface area contributed by atoms with E-state index in [1.807, 2.05) is 0 Å². The van der Waals surface area contributed by atoms with Crippen molar-refractivity contribution in [2.24, 2.45) is 5.92 Å². The zero-order valence-electron chi connectivity index (χ0n) is 15.2. The largest absolute Gasteiger partial charge is 0.352 e. The van der Waals surface area contributed by atoms with Crippen LogP contribution >= 0.6 is 12.4 Å². The second-order valence-electron chi connectivity index (χ2n) is 7.02. The van der Waals surface area contributed by atoms with Crippen molar-refractivity contribution < 1.29 is 13.2 Å². The molecule has 2 unspecified atom stereocenters. The van der Waals surface area contributed by atoms with Crippen LogP contribution in [0.5, 0.6) is 0 Å². The van der Waals surface area contributed by atoms with Gasteiger partial charge in [0.1, 0.15) is 4.90 Å². The third kappa shape index (κ3) is 4.39. The number of aryl methyl sites for hydroxylation is 2. The van der Waals surface area contributed by atoms with Crippen molar-refractivity contribution in [1.82, 2.24) is 25.1 Å². The summed E-state index contributed by atoms with van der Waals surface area (Å²) < 4.78 is 27.4. The van der Waals surface area contributed by atoms with Crippen LogP contribution in [-0.2, 0) is 14.8 Å². The molecular weight excluding hydrogens is 378 g/mol. The van der Waals surface area contributed by atoms with Gasteiger partial charge in [0.05, 0.1) is 17.3 Å². The number of aromatic amines is 1. The van der Waals surface area contributed by atoms with Crippen molar-refractivity contribution in [2.45, 2.75) is 50.5 Å². The van der Waals surface area contributed by atoms with Gasteiger partial charge in [-0.25, -0.2) is 8.42 Å². The number of rotatable bonds is 4. The smallest absolute Gasteiger partial charge is 0.246 e. The first-order valence-electron chi connectivity index (χ1n) is 8.92. The topological polar surface area (TPSA) is 107 Å². The summed E-state index contributed by atoms with van der Waals surface area (Å²) in [5.74, 6) is -0.327. The van der Waals surface area contributed by atoms with Crippen LogP contribution in [0, 0.1) is 19.8 Å². The summed E-state index contributed by atoms with van der Waals surface area (Å²) in [7, 11) is -3.63. The second kappa shape index (κ2) is 8.69. The van der Waals surface area contributed by atoms with Gasteiger partial charge in [-0.05, 0) is 46.1 Å². The minimum atomic E-state index is -3.63. The van der Waals surface area contributed by atoms with Crippen LogP contribution in [0.1, 0.15) is 37.1 Å². The molecule has 8 nitrogen and oxygen atoms in total. The fourth-order valence-corrected chi connectivity index (χ4v) is 5.57. The first kappa shape index (κ1) is 21.1. The Kier molecular flexibility index (Phi) is 7.06. The number of aromatic nitrogens is 2. The third-order valence-electron chi connectivity index (χ3n) is 5.06. The minimum Gasteiger partial charge on any atom is -0.352 e. The number of hydrogen-bond donors (Lipinski definition) is 3. The van der Waals surface area contributed by atoms with E-state index in [9.17, 15) is 13.2 Å². The Morgan fingerprint density at radius 2 is 2.04 bits per heavy atom. The monoisotopic (exact) mass is 405 g/mol. The van der Waals surface area contributed by atoms with E-state index in [0.717, 1.165) is 32.4 Å². The average molecular weight is 406 g/mol. The maximum absolute atomic E-state index is 13.0. The quantitative estimate of drug-likeness (QED) is 0.684. The molecule has 2 aliphatic heterocycles. The van der Waals surface area contributed by atoms with E-state index in [0.29, 0.717) is 24.4 Å². The molecule has 3 heterocycles. The van der Waals surface area contributed by atoms with Gasteiger partial charge in [-0.1, -0.05) is 0 Å². The lowest BCUT2D eigenvalue weighted by atomic mass is 9.97. The van der Waals surface area contributed by atoms with Crippen LogP contribution in [0.2, 0.25) is 0 Å². The van der Waals surface area contributed by atoms with E-state index in [1.165, 1.54) is 4.31 Å². The summed E-state index contributed by atoms with van der Waals surface area (Å²) in [6.45, 7) is 5.84. The molecule has 1 aromatic rings. The summed E-state index contributed by atoms with van der Waals surface area (Å²) in [6, 6.07) is 0.145. The van der Waals surface area contributed by atoms with Crippen molar-refractivity contribution in [3.05, 3.63) is 11.4 Å². The summed E-state index contributed by atoms with van der Waals surface area (Å²) in [5, 5.41) is 13.1. The Morgan fingerprint density at radius 3 is 2.65 bits per heavy atom. The van der Waals surface area contributed by atoms with E-state index in [4.69, 9.17) is 0 Å². The van der Waals surface area contributed by atoms with Crippen molar-refractivity contribution in [1.29, 1.82) is 0 Å². The fourth-order valence-electron chi connectivity index (χ4n) is 3.72. The molecule has 2 atom stereocenters. The van der Waals surface area contributed by atoms with E-state index >= 15 is 0 Å². The van der Waals surface area contributed by atoms with Crippen molar-refractivity contribution >= 4 is 28.3 Å². The average Bonchev–Trinajstić information content (AvgIpc) is 2.95. The predicted molar refractivity (Wildman–Crippen MR) is 101 cm³/mol. The van der Waals surface area contributed by atoms with E-state index in [1.54, 1.807) is 13.8 Å². The normalized spacial score (nSPS) is 24.7. The molecule has 2 saturated heterocycles. The molecule has 0 saturated carbocycles. The van der Waals surface area contributed by atoms with E-state index < -0.39 is 10.0 Å². The highest BCUT2D eigenvalue weighted by atomic mass is 35.5. The molecule has 0 spiro atoms. The Hall–Kier alpha value is -1.16. The Bertz CT molecular complexity index is 711. The molecule has 0 radical (unpaired) electrons. The maximum atomic E-state index is 13.0. The molecule has 0 bridgehead atoms. The van der Waals surface area contributed by atoms with Gasteiger partial charge in [-0.3, -0.25) is 9.89 Å². The number of H-pyrrole nitrogens is 1. The number of hydrogen-bond acceptors (Lipinski definition) is 5. The highest BCUT2D eigenvalue weighted by molar-refractivity contribution is 7.89. The number of halogens is 1. The summed E-state index contributed by atoms with van der Waals surface area (Å²) in [5.41, 5.74) is 1.01. The molecule has 1 aromatic heterocycles. The van der Waals surface area contributed by atoms with Crippen LogP contribution in [0.15, 0.2) is 4.90 Å². The van der Waals surface area contributed by atoms with Crippen molar-refractivity contribution in [3.8, 4) is 0 Å². The van der Waals surface area contributed by atoms with Crippen LogP contribution in [0.25, 0.3) is 0 Å². The van der Waals surface area contributed by atoms with Gasteiger partial charge in [0.2, 0.25) is 15.9 Å². The first-order chi connectivity index (χ1) is 11.9. The second-order valence-corrected chi connectivity index (χ2v) is 8.89. The molecule has 1 amide bonds. The Labute approximate surface area is 160 Å². The number of sulfonamides is 1. The zero-order valence-corrected chi connectivity index (χ0v) is 16.9. The van der Waals surface area contributed by atoms with Gasteiger partial charge >= 0.3 is 0 Å². The maximum Gasteiger partial charge on any atom is 0.246 e. The SMILES string of the molecule is Cc1n[nH]c(C)c1S(=O)(=O)N1CCCC(C(=O)NC2CCCNC2)C1.Cl. The number of nitrogens with one attached hydrogen (secondary N) is 3. The number of nitrogens with zero attached hydrogens (tertiary/aromatic N) is 2. The highest BCUT2D eigenvalue weighted by Crippen LogP contribution is 2.27. The van der Waals surface area contributed by atoms with Gasteiger partial charge in [0, 0.05) is 25.7 Å². The molecule has 148 valence electrons. The molecular formula is C16H28ClN5O3S. The minimum absolute atomic E-state index is 0. The third-order valence-corrected chi connectivity index (χ3v) is 7.19. The number of amides is 1. The zero-order chi connectivity index (χ0) is 18.0. The summed E-state index contributed by atoms with van der Waals surface area (Å²) in [4.78, 5) is 12.8.